The van der Waals surface area contributed by atoms with Crippen LogP contribution in [0.25, 0.3) is 0 Å². The predicted molar refractivity (Wildman–Crippen MR) is 78.0 cm³/mol. The smallest absolute Gasteiger partial charge is 0.133 e. The zero-order valence-corrected chi connectivity index (χ0v) is 13.3. The van der Waals surface area contributed by atoms with Crippen LogP contribution in [-0.2, 0) is 11.3 Å². The quantitative estimate of drug-likeness (QED) is 0.708. The molecule has 0 heterocycles. The van der Waals surface area contributed by atoms with Crippen LogP contribution in [0.2, 0.25) is 0 Å². The summed E-state index contributed by atoms with van der Waals surface area (Å²) in [7, 11) is 1.60. The molecule has 0 aliphatic rings. The third kappa shape index (κ3) is 3.19. The van der Waals surface area contributed by atoms with Crippen LogP contribution in [0.4, 0.5) is 4.39 Å². The third-order valence-corrected chi connectivity index (χ3v) is 4.04. The van der Waals surface area contributed by atoms with Gasteiger partial charge >= 0.3 is 0 Å². The molecule has 0 aliphatic heterocycles. The number of halogens is 2. The summed E-state index contributed by atoms with van der Waals surface area (Å²) in [5, 5.41) is 0. The molecule has 0 saturated heterocycles. The Morgan fingerprint density at radius 1 is 1.24 bits per heavy atom. The van der Waals surface area contributed by atoms with Crippen LogP contribution in [0.5, 0.6) is 0 Å². The van der Waals surface area contributed by atoms with E-state index in [0.717, 1.165) is 9.13 Å². The van der Waals surface area contributed by atoms with Crippen LogP contribution in [0, 0.1) is 9.39 Å². The first-order valence-corrected chi connectivity index (χ1v) is 6.97. The maximum absolute atomic E-state index is 14.3. The fourth-order valence-electron chi connectivity index (χ4n) is 1.93. The van der Waals surface area contributed by atoms with E-state index in [1.165, 1.54) is 5.56 Å². The molecule has 0 unspecified atom stereocenters. The number of benzene rings is 1. The van der Waals surface area contributed by atoms with Gasteiger partial charge in [-0.15, -0.1) is 0 Å². The first-order chi connectivity index (χ1) is 7.90. The van der Waals surface area contributed by atoms with Crippen molar-refractivity contribution in [2.75, 3.05) is 7.11 Å². The molecule has 3 heteroatoms. The van der Waals surface area contributed by atoms with Gasteiger partial charge in [-0.3, -0.25) is 0 Å². The average Bonchev–Trinajstić information content (AvgIpc) is 2.21. The maximum atomic E-state index is 14.3. The summed E-state index contributed by atoms with van der Waals surface area (Å²) in [4.78, 5) is 0. The van der Waals surface area contributed by atoms with Gasteiger partial charge in [0.1, 0.15) is 5.82 Å². The maximum Gasteiger partial charge on any atom is 0.133 e. The molecule has 1 rings (SSSR count). The van der Waals surface area contributed by atoms with Crippen LogP contribution in [-0.4, -0.2) is 7.11 Å². The molecule has 0 aliphatic carbocycles. The molecule has 1 aromatic carbocycles. The van der Waals surface area contributed by atoms with Crippen molar-refractivity contribution in [1.82, 2.24) is 0 Å². The highest BCUT2D eigenvalue weighted by Gasteiger charge is 2.20. The zero-order valence-electron chi connectivity index (χ0n) is 11.1. The zero-order chi connectivity index (χ0) is 13.2. The molecule has 1 aromatic rings. The molecule has 0 radical (unpaired) electrons. The molecule has 17 heavy (non-hydrogen) atoms. The van der Waals surface area contributed by atoms with Crippen LogP contribution in [0.1, 0.15) is 56.2 Å². The lowest BCUT2D eigenvalue weighted by Gasteiger charge is -2.19. The second kappa shape index (κ2) is 6.14. The first kappa shape index (κ1) is 14.9. The van der Waals surface area contributed by atoms with Crippen LogP contribution in [0.3, 0.4) is 0 Å². The third-order valence-electron chi connectivity index (χ3n) is 2.84. The standard InChI is InChI=1S/C14H20FIO/c1-8(2)11-6-10(7-17-5)13(15)12(9(3)4)14(11)16/h6,8-9H,7H2,1-5H3. The van der Waals surface area contributed by atoms with Crippen molar-refractivity contribution in [3.05, 3.63) is 32.1 Å². The van der Waals surface area contributed by atoms with E-state index in [0.29, 0.717) is 18.1 Å². The topological polar surface area (TPSA) is 9.23 Å². The summed E-state index contributed by atoms with van der Waals surface area (Å²) in [6.07, 6.45) is 0. The Bertz CT molecular complexity index is 400. The van der Waals surface area contributed by atoms with E-state index < -0.39 is 0 Å². The van der Waals surface area contributed by atoms with Crippen molar-refractivity contribution >= 4 is 22.6 Å². The van der Waals surface area contributed by atoms with E-state index >= 15 is 0 Å². The largest absolute Gasteiger partial charge is 0.380 e. The summed E-state index contributed by atoms with van der Waals surface area (Å²) in [5.74, 6) is 0.488. The molecule has 0 aromatic heterocycles. The first-order valence-electron chi connectivity index (χ1n) is 5.89. The van der Waals surface area contributed by atoms with E-state index in [-0.39, 0.29) is 11.7 Å². The predicted octanol–water partition coefficient (Wildman–Crippen LogP) is 4.82. The molecular weight excluding hydrogens is 330 g/mol. The van der Waals surface area contributed by atoms with E-state index in [2.05, 4.69) is 36.4 Å². The Labute approximate surface area is 117 Å². The molecule has 0 amide bonds. The Hall–Kier alpha value is -0.160. The molecule has 1 nitrogen and oxygen atoms in total. The van der Waals surface area contributed by atoms with Crippen LogP contribution < -0.4 is 0 Å². The van der Waals surface area contributed by atoms with Gasteiger partial charge in [0.05, 0.1) is 6.61 Å². The highest BCUT2D eigenvalue weighted by Crippen LogP contribution is 2.33. The van der Waals surface area contributed by atoms with Crippen LogP contribution in [0.15, 0.2) is 6.07 Å². The summed E-state index contributed by atoms with van der Waals surface area (Å²) < 4.78 is 20.5. The second-order valence-corrected chi connectivity index (χ2v) is 5.99. The monoisotopic (exact) mass is 350 g/mol. The average molecular weight is 350 g/mol. The highest BCUT2D eigenvalue weighted by molar-refractivity contribution is 14.1. The Balaban J connectivity index is 3.46. The summed E-state index contributed by atoms with van der Waals surface area (Å²) in [6, 6.07) is 1.94. The minimum atomic E-state index is -0.101. The van der Waals surface area contributed by atoms with Crippen molar-refractivity contribution < 1.29 is 9.13 Å². The van der Waals surface area contributed by atoms with Gasteiger partial charge in [0.15, 0.2) is 0 Å². The lowest BCUT2D eigenvalue weighted by molar-refractivity contribution is 0.181. The molecule has 0 N–H and O–H groups in total. The van der Waals surface area contributed by atoms with Gasteiger partial charge in [-0.25, -0.2) is 4.39 Å². The lowest BCUT2D eigenvalue weighted by Crippen LogP contribution is -2.07. The summed E-state index contributed by atoms with van der Waals surface area (Å²) in [6.45, 7) is 8.66. The molecule has 0 bridgehead atoms. The SMILES string of the molecule is COCc1cc(C(C)C)c(I)c(C(C)C)c1F. The van der Waals surface area contributed by atoms with Crippen molar-refractivity contribution in [3.63, 3.8) is 0 Å². The van der Waals surface area contributed by atoms with Gasteiger partial charge in [-0.05, 0) is 46.1 Å². The van der Waals surface area contributed by atoms with Gasteiger partial charge < -0.3 is 4.74 Å². The molecule has 0 fully saturated rings. The van der Waals surface area contributed by atoms with Gasteiger partial charge in [0, 0.05) is 21.8 Å². The minimum absolute atomic E-state index is 0.101. The lowest BCUT2D eigenvalue weighted by atomic mass is 9.92. The van der Waals surface area contributed by atoms with Gasteiger partial charge in [-0.2, -0.15) is 0 Å². The number of ether oxygens (including phenoxy) is 1. The number of hydrogen-bond acceptors (Lipinski definition) is 1. The molecule has 96 valence electrons. The fourth-order valence-corrected chi connectivity index (χ4v) is 3.56. The Morgan fingerprint density at radius 3 is 2.24 bits per heavy atom. The summed E-state index contributed by atoms with van der Waals surface area (Å²) >= 11 is 2.26. The van der Waals surface area contributed by atoms with E-state index in [1.54, 1.807) is 7.11 Å². The Morgan fingerprint density at radius 2 is 1.82 bits per heavy atom. The van der Waals surface area contributed by atoms with Gasteiger partial charge in [-0.1, -0.05) is 27.7 Å². The molecular formula is C14H20FIO. The van der Waals surface area contributed by atoms with Crippen molar-refractivity contribution in [2.24, 2.45) is 0 Å². The second-order valence-electron chi connectivity index (χ2n) is 4.91. The Kier molecular flexibility index (Phi) is 5.38. The van der Waals surface area contributed by atoms with Gasteiger partial charge in [0.25, 0.3) is 0 Å². The molecule has 0 spiro atoms. The summed E-state index contributed by atoms with van der Waals surface area (Å²) in [5.41, 5.74) is 2.70. The van der Waals surface area contributed by atoms with E-state index in [1.807, 2.05) is 19.9 Å². The minimum Gasteiger partial charge on any atom is -0.380 e. The fraction of sp³-hybridized carbons (Fsp3) is 0.571. The van der Waals surface area contributed by atoms with E-state index in [4.69, 9.17) is 4.74 Å². The molecule has 0 atom stereocenters. The normalized spacial score (nSPS) is 11.6. The molecule has 0 saturated carbocycles. The van der Waals surface area contributed by atoms with Crippen LogP contribution >= 0.6 is 22.6 Å². The van der Waals surface area contributed by atoms with Crippen molar-refractivity contribution in [3.8, 4) is 0 Å². The van der Waals surface area contributed by atoms with Crippen molar-refractivity contribution in [1.29, 1.82) is 0 Å². The van der Waals surface area contributed by atoms with Crippen molar-refractivity contribution in [2.45, 2.75) is 46.1 Å². The highest BCUT2D eigenvalue weighted by atomic mass is 127. The number of rotatable bonds is 4. The van der Waals surface area contributed by atoms with E-state index in [9.17, 15) is 4.39 Å². The number of methoxy groups -OCH3 is 1. The number of hydrogen-bond donors (Lipinski definition) is 0. The van der Waals surface area contributed by atoms with Gasteiger partial charge in [0.2, 0.25) is 0 Å².